The van der Waals surface area contributed by atoms with Crippen LogP contribution in [0, 0.1) is 5.82 Å². The molecule has 17 heavy (non-hydrogen) atoms. The van der Waals surface area contributed by atoms with Crippen molar-refractivity contribution in [3.8, 4) is 0 Å². The summed E-state index contributed by atoms with van der Waals surface area (Å²) >= 11 is 3.25. The van der Waals surface area contributed by atoms with Crippen LogP contribution in [0.4, 0.5) is 4.39 Å². The Balaban J connectivity index is 2.57. The van der Waals surface area contributed by atoms with E-state index in [1.54, 1.807) is 19.1 Å². The molecule has 1 aromatic heterocycles. The number of hydrogen-bond acceptors (Lipinski definition) is 3. The Morgan fingerprint density at radius 3 is 2.94 bits per heavy atom. The average molecular weight is 298 g/mol. The Morgan fingerprint density at radius 2 is 2.24 bits per heavy atom. The van der Waals surface area contributed by atoms with Crippen molar-refractivity contribution in [2.45, 2.75) is 6.92 Å². The Kier molecular flexibility index (Phi) is 3.38. The molecular weight excluding hydrogens is 289 g/mol. The molecule has 0 fully saturated rings. The van der Waals surface area contributed by atoms with Gasteiger partial charge in [-0.25, -0.2) is 9.18 Å². The molecule has 5 heteroatoms. The number of ether oxygens (including phenoxy) is 1. The molecule has 0 saturated heterocycles. The van der Waals surface area contributed by atoms with E-state index in [2.05, 4.69) is 20.9 Å². The van der Waals surface area contributed by atoms with Crippen LogP contribution in [0.25, 0.3) is 10.9 Å². The topological polar surface area (TPSA) is 39.2 Å². The van der Waals surface area contributed by atoms with E-state index in [0.717, 1.165) is 10.5 Å². The quantitative estimate of drug-likeness (QED) is 0.798. The number of halogens is 2. The van der Waals surface area contributed by atoms with Crippen LogP contribution in [0.1, 0.15) is 17.3 Å². The lowest BCUT2D eigenvalue weighted by molar-refractivity contribution is 0.0526. The Hall–Kier alpha value is -1.49. The number of fused-ring (bicyclic) bond motifs is 1. The summed E-state index contributed by atoms with van der Waals surface area (Å²) < 4.78 is 19.2. The van der Waals surface area contributed by atoms with Gasteiger partial charge >= 0.3 is 5.97 Å². The minimum atomic E-state index is -0.534. The number of carbonyl (C=O) groups is 1. The Labute approximate surface area is 106 Å². The van der Waals surface area contributed by atoms with Crippen LogP contribution in [-0.4, -0.2) is 17.6 Å². The van der Waals surface area contributed by atoms with E-state index in [9.17, 15) is 9.18 Å². The maximum Gasteiger partial charge on any atom is 0.338 e. The van der Waals surface area contributed by atoms with Crippen molar-refractivity contribution in [3.05, 3.63) is 40.2 Å². The van der Waals surface area contributed by atoms with Gasteiger partial charge in [-0.15, -0.1) is 0 Å². The number of benzene rings is 1. The average Bonchev–Trinajstić information content (AvgIpc) is 2.28. The summed E-state index contributed by atoms with van der Waals surface area (Å²) in [5.41, 5.74) is 0.429. The third kappa shape index (κ3) is 2.44. The van der Waals surface area contributed by atoms with Crippen LogP contribution >= 0.6 is 15.9 Å². The zero-order valence-electron chi connectivity index (χ0n) is 9.04. The van der Waals surface area contributed by atoms with Gasteiger partial charge in [0.05, 0.1) is 12.2 Å². The molecule has 0 N–H and O–H groups in total. The lowest BCUT2D eigenvalue weighted by Crippen LogP contribution is -2.05. The molecule has 88 valence electrons. The van der Waals surface area contributed by atoms with Gasteiger partial charge in [0.1, 0.15) is 11.3 Å². The van der Waals surface area contributed by atoms with E-state index in [1.165, 1.54) is 6.20 Å². The fourth-order valence-electron chi connectivity index (χ4n) is 1.51. The molecule has 0 aliphatic heterocycles. The van der Waals surface area contributed by atoms with Gasteiger partial charge in [0.25, 0.3) is 0 Å². The van der Waals surface area contributed by atoms with Gasteiger partial charge in [0.15, 0.2) is 0 Å². The van der Waals surface area contributed by atoms with E-state index in [1.807, 2.05) is 0 Å². The van der Waals surface area contributed by atoms with Crippen molar-refractivity contribution in [2.24, 2.45) is 0 Å². The van der Waals surface area contributed by atoms with Gasteiger partial charge in [0, 0.05) is 16.1 Å². The predicted molar refractivity (Wildman–Crippen MR) is 65.4 cm³/mol. The smallest absolute Gasteiger partial charge is 0.338 e. The van der Waals surface area contributed by atoms with Gasteiger partial charge in [-0.3, -0.25) is 4.98 Å². The highest BCUT2D eigenvalue weighted by atomic mass is 79.9. The maximum absolute atomic E-state index is 13.7. The van der Waals surface area contributed by atoms with Crippen molar-refractivity contribution < 1.29 is 13.9 Å². The van der Waals surface area contributed by atoms with Crippen LogP contribution in [0.5, 0.6) is 0 Å². The molecule has 0 atom stereocenters. The number of nitrogens with zero attached hydrogens (tertiary/aromatic N) is 1. The molecule has 0 aliphatic rings. The number of rotatable bonds is 2. The second kappa shape index (κ2) is 4.79. The van der Waals surface area contributed by atoms with Gasteiger partial charge in [0.2, 0.25) is 0 Å². The molecule has 1 heterocycles. The number of esters is 1. The molecule has 0 amide bonds. The first-order valence-corrected chi connectivity index (χ1v) is 5.83. The van der Waals surface area contributed by atoms with E-state index >= 15 is 0 Å². The summed E-state index contributed by atoms with van der Waals surface area (Å²) in [6.45, 7) is 1.96. The zero-order chi connectivity index (χ0) is 12.4. The number of aromatic nitrogens is 1. The lowest BCUT2D eigenvalue weighted by atomic mass is 10.1. The molecule has 0 aliphatic carbocycles. The highest BCUT2D eigenvalue weighted by Gasteiger charge is 2.12. The fourth-order valence-corrected chi connectivity index (χ4v) is 1.86. The summed E-state index contributed by atoms with van der Waals surface area (Å²) in [7, 11) is 0. The first-order valence-electron chi connectivity index (χ1n) is 5.03. The summed E-state index contributed by atoms with van der Waals surface area (Å²) in [5.74, 6) is -1.06. The van der Waals surface area contributed by atoms with Crippen LogP contribution in [0.15, 0.2) is 28.9 Å². The molecule has 2 rings (SSSR count). The van der Waals surface area contributed by atoms with Gasteiger partial charge in [-0.2, -0.15) is 0 Å². The SMILES string of the molecule is CCOC(=O)c1cc(F)c2ncc(Br)cc2c1. The van der Waals surface area contributed by atoms with Crippen molar-refractivity contribution in [2.75, 3.05) is 6.61 Å². The summed E-state index contributed by atoms with van der Waals surface area (Å²) in [4.78, 5) is 15.5. The van der Waals surface area contributed by atoms with Crippen molar-refractivity contribution in [1.29, 1.82) is 0 Å². The standard InChI is InChI=1S/C12H9BrFNO2/c1-2-17-12(16)8-3-7-4-9(13)6-15-11(7)10(14)5-8/h3-6H,2H2,1H3. The Bertz CT molecular complexity index is 586. The first kappa shape index (κ1) is 12.0. The van der Waals surface area contributed by atoms with Gasteiger partial charge in [-0.05, 0) is 41.1 Å². The molecular formula is C12H9BrFNO2. The van der Waals surface area contributed by atoms with Gasteiger partial charge < -0.3 is 4.74 Å². The second-order valence-corrected chi connectivity index (χ2v) is 4.32. The summed E-state index contributed by atoms with van der Waals surface area (Å²) in [6, 6.07) is 4.41. The molecule has 0 saturated carbocycles. The normalized spacial score (nSPS) is 10.5. The summed E-state index contributed by atoms with van der Waals surface area (Å²) in [6.07, 6.45) is 1.51. The molecule has 2 aromatic rings. The van der Waals surface area contributed by atoms with Crippen molar-refractivity contribution in [3.63, 3.8) is 0 Å². The van der Waals surface area contributed by atoms with Crippen LogP contribution in [-0.2, 0) is 4.74 Å². The largest absolute Gasteiger partial charge is 0.462 e. The molecule has 0 bridgehead atoms. The van der Waals surface area contributed by atoms with Crippen LogP contribution < -0.4 is 0 Å². The van der Waals surface area contributed by atoms with E-state index < -0.39 is 11.8 Å². The second-order valence-electron chi connectivity index (χ2n) is 3.40. The van der Waals surface area contributed by atoms with Crippen LogP contribution in [0.3, 0.4) is 0 Å². The third-order valence-corrected chi connectivity index (χ3v) is 2.65. The highest BCUT2D eigenvalue weighted by molar-refractivity contribution is 9.10. The fraction of sp³-hybridized carbons (Fsp3) is 0.167. The number of carbonyl (C=O) groups excluding carboxylic acids is 1. The van der Waals surface area contributed by atoms with Crippen molar-refractivity contribution in [1.82, 2.24) is 4.98 Å². The van der Waals surface area contributed by atoms with Crippen molar-refractivity contribution >= 4 is 32.8 Å². The zero-order valence-corrected chi connectivity index (χ0v) is 10.6. The molecule has 3 nitrogen and oxygen atoms in total. The maximum atomic E-state index is 13.7. The van der Waals surface area contributed by atoms with E-state index in [4.69, 9.17) is 4.74 Å². The minimum Gasteiger partial charge on any atom is -0.462 e. The van der Waals surface area contributed by atoms with Crippen LogP contribution in [0.2, 0.25) is 0 Å². The predicted octanol–water partition coefficient (Wildman–Crippen LogP) is 3.31. The third-order valence-electron chi connectivity index (χ3n) is 2.21. The van der Waals surface area contributed by atoms with E-state index in [0.29, 0.717) is 5.39 Å². The first-order chi connectivity index (χ1) is 8.11. The minimum absolute atomic E-state index is 0.191. The lowest BCUT2D eigenvalue weighted by Gasteiger charge is -2.04. The number of pyridine rings is 1. The molecule has 1 aromatic carbocycles. The molecule has 0 radical (unpaired) electrons. The molecule has 0 unspecified atom stereocenters. The number of hydrogen-bond donors (Lipinski definition) is 0. The van der Waals surface area contributed by atoms with E-state index in [-0.39, 0.29) is 17.7 Å². The molecule has 0 spiro atoms. The summed E-state index contributed by atoms with van der Waals surface area (Å²) in [5, 5.41) is 0.558. The highest BCUT2D eigenvalue weighted by Crippen LogP contribution is 2.22. The Morgan fingerprint density at radius 1 is 1.47 bits per heavy atom. The monoisotopic (exact) mass is 297 g/mol. The van der Waals surface area contributed by atoms with Gasteiger partial charge in [-0.1, -0.05) is 0 Å².